The smallest absolute Gasteiger partial charge is 0.410 e. The van der Waals surface area contributed by atoms with Crippen LogP contribution in [0.2, 0.25) is 0 Å². The highest BCUT2D eigenvalue weighted by Crippen LogP contribution is 2.18. The zero-order valence-electron chi connectivity index (χ0n) is 14.9. The topological polar surface area (TPSA) is 34.5 Å². The molecule has 0 atom stereocenters. The van der Waals surface area contributed by atoms with Gasteiger partial charge in [0, 0.05) is 26.3 Å². The Bertz CT molecular complexity index is 861. The predicted octanol–water partition coefficient (Wildman–Crippen LogP) is 5.08. The molecule has 0 aliphatic heterocycles. The quantitative estimate of drug-likeness (QED) is 0.555. The summed E-state index contributed by atoms with van der Waals surface area (Å²) in [6, 6.07) is 15.9. The molecule has 1 amide bonds. The molecule has 0 spiro atoms. The molecule has 1 heterocycles. The van der Waals surface area contributed by atoms with Crippen LogP contribution in [0.5, 0.6) is 5.75 Å². The van der Waals surface area contributed by atoms with E-state index in [1.54, 1.807) is 36.2 Å². The van der Waals surface area contributed by atoms with Gasteiger partial charge in [0.1, 0.15) is 11.6 Å². The second-order valence-electron chi connectivity index (χ2n) is 6.38. The number of hydrogen-bond acceptors (Lipinski definition) is 2. The van der Waals surface area contributed by atoms with Gasteiger partial charge in [-0.3, -0.25) is 0 Å². The summed E-state index contributed by atoms with van der Waals surface area (Å²) in [7, 11) is 1.74. The first-order chi connectivity index (χ1) is 12.6. The van der Waals surface area contributed by atoms with Crippen molar-refractivity contribution in [3.8, 4) is 5.75 Å². The second kappa shape index (κ2) is 8.52. The summed E-state index contributed by atoms with van der Waals surface area (Å²) in [5, 5.41) is 1.05. The molecule has 3 rings (SSSR count). The first-order valence-corrected chi connectivity index (χ1v) is 8.86. The van der Waals surface area contributed by atoms with Crippen LogP contribution in [-0.2, 0) is 6.54 Å². The van der Waals surface area contributed by atoms with Crippen LogP contribution in [0, 0.1) is 5.82 Å². The average Bonchev–Trinajstić information content (AvgIpc) is 3.04. The maximum Gasteiger partial charge on any atom is 0.414 e. The Balaban J connectivity index is 1.39. The van der Waals surface area contributed by atoms with E-state index in [0.29, 0.717) is 12.3 Å². The molecule has 0 aliphatic carbocycles. The fourth-order valence-corrected chi connectivity index (χ4v) is 2.92. The monoisotopic (exact) mass is 354 g/mol. The second-order valence-corrected chi connectivity index (χ2v) is 6.38. The zero-order chi connectivity index (χ0) is 18.4. The minimum absolute atomic E-state index is 0.212. The maximum absolute atomic E-state index is 13.4. The van der Waals surface area contributed by atoms with Gasteiger partial charge in [0.05, 0.1) is 5.52 Å². The molecule has 1 aromatic heterocycles. The van der Waals surface area contributed by atoms with E-state index in [4.69, 9.17) is 4.74 Å². The van der Waals surface area contributed by atoms with E-state index in [2.05, 4.69) is 4.57 Å². The number of nitrogens with zero attached hydrogens (tertiary/aromatic N) is 2. The predicted molar refractivity (Wildman–Crippen MR) is 101 cm³/mol. The van der Waals surface area contributed by atoms with Gasteiger partial charge in [-0.1, -0.05) is 18.2 Å². The molecule has 2 aromatic carbocycles. The van der Waals surface area contributed by atoms with E-state index >= 15 is 0 Å². The Morgan fingerprint density at radius 1 is 1.08 bits per heavy atom. The summed E-state index contributed by atoms with van der Waals surface area (Å²) >= 11 is 0. The number of ether oxygens (including phenoxy) is 1. The number of benzene rings is 2. The Labute approximate surface area is 152 Å². The number of para-hydroxylation sites is 1. The summed E-state index contributed by atoms with van der Waals surface area (Å²) in [5.41, 5.74) is 0.925. The molecule has 0 N–H and O–H groups in total. The fourth-order valence-electron chi connectivity index (χ4n) is 2.92. The number of halogens is 1. The van der Waals surface area contributed by atoms with E-state index in [1.165, 1.54) is 6.07 Å². The Morgan fingerprint density at radius 3 is 2.69 bits per heavy atom. The first-order valence-electron chi connectivity index (χ1n) is 8.86. The summed E-state index contributed by atoms with van der Waals surface area (Å²) in [6.45, 7) is 1.48. The highest BCUT2D eigenvalue weighted by Gasteiger charge is 2.10. The lowest BCUT2D eigenvalue weighted by molar-refractivity contribution is 0.162. The van der Waals surface area contributed by atoms with Crippen molar-refractivity contribution in [1.82, 2.24) is 9.47 Å². The summed E-state index contributed by atoms with van der Waals surface area (Å²) in [5.74, 6) is 0.340. The molecule has 0 aliphatic rings. The van der Waals surface area contributed by atoms with Crippen LogP contribution in [0.15, 0.2) is 60.8 Å². The van der Waals surface area contributed by atoms with Crippen LogP contribution in [0.1, 0.15) is 19.3 Å². The van der Waals surface area contributed by atoms with Crippen molar-refractivity contribution in [3.63, 3.8) is 0 Å². The van der Waals surface area contributed by atoms with Crippen LogP contribution >= 0.6 is 0 Å². The molecule has 5 heteroatoms. The zero-order valence-corrected chi connectivity index (χ0v) is 14.9. The van der Waals surface area contributed by atoms with Crippen molar-refractivity contribution in [2.45, 2.75) is 25.8 Å². The molecule has 0 radical (unpaired) electrons. The highest BCUT2D eigenvalue weighted by atomic mass is 19.1. The van der Waals surface area contributed by atoms with Gasteiger partial charge in [0.25, 0.3) is 0 Å². The Morgan fingerprint density at radius 2 is 1.88 bits per heavy atom. The van der Waals surface area contributed by atoms with Crippen molar-refractivity contribution in [2.75, 3.05) is 13.6 Å². The van der Waals surface area contributed by atoms with Crippen LogP contribution < -0.4 is 4.74 Å². The summed E-state index contributed by atoms with van der Waals surface area (Å²) in [6.07, 6.45) is 4.50. The third-order valence-electron chi connectivity index (χ3n) is 4.39. The molecule has 4 nitrogen and oxygen atoms in total. The summed E-state index contributed by atoms with van der Waals surface area (Å²) < 4.78 is 20.8. The Hall–Kier alpha value is -2.82. The van der Waals surface area contributed by atoms with Gasteiger partial charge in [-0.25, -0.2) is 9.18 Å². The van der Waals surface area contributed by atoms with Crippen molar-refractivity contribution in [2.24, 2.45) is 0 Å². The first kappa shape index (κ1) is 18.0. The molecule has 0 bridgehead atoms. The Kier molecular flexibility index (Phi) is 5.89. The molecule has 3 aromatic rings. The van der Waals surface area contributed by atoms with Crippen molar-refractivity contribution < 1.29 is 13.9 Å². The number of unbranched alkanes of at least 4 members (excludes halogenated alkanes) is 2. The molecule has 0 saturated carbocycles. The van der Waals surface area contributed by atoms with E-state index in [0.717, 1.165) is 36.7 Å². The lowest BCUT2D eigenvalue weighted by Gasteiger charge is -2.16. The van der Waals surface area contributed by atoms with Gasteiger partial charge in [0.15, 0.2) is 0 Å². The maximum atomic E-state index is 13.4. The van der Waals surface area contributed by atoms with Crippen molar-refractivity contribution in [1.29, 1.82) is 0 Å². The van der Waals surface area contributed by atoms with Gasteiger partial charge in [-0.15, -0.1) is 0 Å². The van der Waals surface area contributed by atoms with E-state index in [9.17, 15) is 9.18 Å². The number of carbonyl (C=O) groups is 1. The van der Waals surface area contributed by atoms with E-state index in [1.807, 2.05) is 30.5 Å². The average molecular weight is 354 g/mol. The number of aromatic nitrogens is 1. The molecular formula is C21H23FN2O2. The third-order valence-corrected chi connectivity index (χ3v) is 4.39. The number of rotatable bonds is 7. The van der Waals surface area contributed by atoms with E-state index < -0.39 is 0 Å². The molecular weight excluding hydrogens is 331 g/mol. The van der Waals surface area contributed by atoms with Gasteiger partial charge in [0.2, 0.25) is 0 Å². The number of aryl methyl sites for hydroxylation is 1. The molecule has 0 fully saturated rings. The largest absolute Gasteiger partial charge is 0.414 e. The molecule has 136 valence electrons. The van der Waals surface area contributed by atoms with Gasteiger partial charge >= 0.3 is 6.09 Å². The van der Waals surface area contributed by atoms with Gasteiger partial charge < -0.3 is 14.2 Å². The minimum atomic E-state index is -0.344. The molecule has 0 unspecified atom stereocenters. The van der Waals surface area contributed by atoms with Crippen molar-refractivity contribution in [3.05, 3.63) is 66.6 Å². The lowest BCUT2D eigenvalue weighted by atomic mass is 10.2. The van der Waals surface area contributed by atoms with Gasteiger partial charge in [-0.05, 0) is 61.0 Å². The SMILES string of the molecule is CN(CCCCCn1ccc2ccc(F)cc21)C(=O)Oc1ccccc1. The molecule has 26 heavy (non-hydrogen) atoms. The lowest BCUT2D eigenvalue weighted by Crippen LogP contribution is -2.30. The fraction of sp³-hybridized carbons (Fsp3) is 0.286. The molecule has 0 saturated heterocycles. The van der Waals surface area contributed by atoms with Crippen LogP contribution in [-0.4, -0.2) is 29.2 Å². The van der Waals surface area contributed by atoms with Crippen LogP contribution in [0.25, 0.3) is 10.9 Å². The standard InChI is InChI=1S/C21H23FN2O2/c1-23(21(25)26-19-8-4-2-5-9-19)13-6-3-7-14-24-15-12-17-10-11-18(22)16-20(17)24/h2,4-5,8-12,15-16H,3,6-7,13-14H2,1H3. The number of fused-ring (bicyclic) bond motifs is 1. The third kappa shape index (κ3) is 4.63. The van der Waals surface area contributed by atoms with Crippen LogP contribution in [0.3, 0.4) is 0 Å². The number of amides is 1. The number of hydrogen-bond donors (Lipinski definition) is 0. The van der Waals surface area contributed by atoms with Crippen molar-refractivity contribution >= 4 is 17.0 Å². The normalized spacial score (nSPS) is 10.8. The number of carbonyl (C=O) groups excluding carboxylic acids is 1. The van der Waals surface area contributed by atoms with Gasteiger partial charge in [-0.2, -0.15) is 0 Å². The highest BCUT2D eigenvalue weighted by molar-refractivity contribution is 5.80. The van der Waals surface area contributed by atoms with Crippen LogP contribution in [0.4, 0.5) is 9.18 Å². The summed E-state index contributed by atoms with van der Waals surface area (Å²) in [4.78, 5) is 13.6. The minimum Gasteiger partial charge on any atom is -0.410 e. The van der Waals surface area contributed by atoms with E-state index in [-0.39, 0.29) is 11.9 Å².